The van der Waals surface area contributed by atoms with Gasteiger partial charge in [-0.3, -0.25) is 19.8 Å². The van der Waals surface area contributed by atoms with Gasteiger partial charge in [-0.1, -0.05) is 67.6 Å². The smallest absolute Gasteiger partial charge is 0.239 e. The molecule has 1 heterocycles. The van der Waals surface area contributed by atoms with Crippen LogP contribution >= 0.6 is 11.3 Å². The minimum Gasteiger partial charge on any atom is -0.283 e. The molecule has 1 fully saturated rings. The van der Waals surface area contributed by atoms with Crippen LogP contribution in [0.1, 0.15) is 37.3 Å². The second-order valence-corrected chi connectivity index (χ2v) is 8.46. The summed E-state index contributed by atoms with van der Waals surface area (Å²) in [7, 11) is 0. The molecule has 0 aliphatic heterocycles. The molecule has 1 aromatic heterocycles. The summed E-state index contributed by atoms with van der Waals surface area (Å²) in [6.07, 6.45) is 0.305. The highest BCUT2D eigenvalue weighted by molar-refractivity contribution is 7.22. The Morgan fingerprint density at radius 2 is 2.00 bits per heavy atom. The number of amides is 1. The van der Waals surface area contributed by atoms with Gasteiger partial charge in [-0.15, -0.1) is 0 Å². The molecule has 2 unspecified atom stereocenters. The average Bonchev–Trinajstić information content (AvgIpc) is 3.38. The number of rotatable bonds is 6. The van der Waals surface area contributed by atoms with Crippen molar-refractivity contribution in [2.24, 2.45) is 5.92 Å². The number of anilines is 1. The number of fused-ring (bicyclic) bond motifs is 1. The van der Waals surface area contributed by atoms with E-state index >= 15 is 0 Å². The normalized spacial score (nSPS) is 18.4. The molecular weight excluding hydrogens is 374 g/mol. The van der Waals surface area contributed by atoms with Crippen LogP contribution in [0.25, 0.3) is 10.2 Å². The van der Waals surface area contributed by atoms with Gasteiger partial charge in [0, 0.05) is 11.3 Å². The summed E-state index contributed by atoms with van der Waals surface area (Å²) in [5.41, 5.74) is 3.02. The van der Waals surface area contributed by atoms with E-state index in [4.69, 9.17) is 4.98 Å². The highest BCUT2D eigenvalue weighted by atomic mass is 32.1. The van der Waals surface area contributed by atoms with E-state index in [9.17, 15) is 14.9 Å². The Morgan fingerprint density at radius 1 is 1.25 bits per heavy atom. The van der Waals surface area contributed by atoms with E-state index < -0.39 is 12.0 Å². The van der Waals surface area contributed by atoms with Crippen LogP contribution < -0.4 is 4.90 Å². The van der Waals surface area contributed by atoms with Gasteiger partial charge in [-0.05, 0) is 23.1 Å². The molecule has 3 aromatic rings. The molecule has 2 atom stereocenters. The van der Waals surface area contributed by atoms with Crippen molar-refractivity contribution in [3.8, 4) is 0 Å². The van der Waals surface area contributed by atoms with E-state index in [1.807, 2.05) is 42.5 Å². The number of carbonyl (C=O) groups excluding carboxylic acids is 1. The highest BCUT2D eigenvalue weighted by Gasteiger charge is 2.55. The summed E-state index contributed by atoms with van der Waals surface area (Å²) in [6, 6.07) is 15.0. The van der Waals surface area contributed by atoms with Gasteiger partial charge in [-0.2, -0.15) is 0 Å². The molecular formula is C21H21N3O3S. The largest absolute Gasteiger partial charge is 0.283 e. The van der Waals surface area contributed by atoms with E-state index in [1.54, 1.807) is 4.90 Å². The number of nitrogens with zero attached hydrogens (tertiary/aromatic N) is 3. The second-order valence-electron chi connectivity index (χ2n) is 7.45. The first kappa shape index (κ1) is 18.6. The molecule has 0 N–H and O–H groups in total. The minimum absolute atomic E-state index is 0.212. The van der Waals surface area contributed by atoms with Crippen LogP contribution in [-0.2, 0) is 11.3 Å². The zero-order valence-corrected chi connectivity index (χ0v) is 16.6. The Kier molecular flexibility index (Phi) is 4.85. The van der Waals surface area contributed by atoms with Crippen LogP contribution in [-0.4, -0.2) is 21.9 Å². The summed E-state index contributed by atoms with van der Waals surface area (Å²) in [6.45, 7) is 4.59. The van der Waals surface area contributed by atoms with E-state index in [2.05, 4.69) is 19.9 Å². The number of aromatic nitrogens is 1. The van der Waals surface area contributed by atoms with E-state index in [1.165, 1.54) is 11.3 Å². The number of carbonyl (C=O) groups is 1. The average molecular weight is 395 g/mol. The first-order chi connectivity index (χ1) is 13.5. The Morgan fingerprint density at radius 3 is 2.64 bits per heavy atom. The van der Waals surface area contributed by atoms with Gasteiger partial charge in [0.15, 0.2) is 5.13 Å². The fraction of sp³-hybridized carbons (Fsp3) is 0.333. The second kappa shape index (κ2) is 7.31. The number of hydrogen-bond acceptors (Lipinski definition) is 5. The quantitative estimate of drug-likeness (QED) is 0.451. The zero-order valence-electron chi connectivity index (χ0n) is 15.7. The lowest BCUT2D eigenvalue weighted by molar-refractivity contribution is -0.497. The third-order valence-corrected chi connectivity index (χ3v) is 6.13. The summed E-state index contributed by atoms with van der Waals surface area (Å²) < 4.78 is 1.02. The van der Waals surface area contributed by atoms with E-state index in [-0.39, 0.29) is 10.8 Å². The SMILES string of the molecule is CC(C)c1cccc2sc(N(Cc3ccccc3)C(=O)C3CC3[N+](=O)[O-])nc12. The molecule has 144 valence electrons. The lowest BCUT2D eigenvalue weighted by Crippen LogP contribution is -2.33. The van der Waals surface area contributed by atoms with Crippen LogP contribution in [0.2, 0.25) is 0 Å². The number of thiazole rings is 1. The van der Waals surface area contributed by atoms with E-state index in [0.717, 1.165) is 21.3 Å². The Hall–Kier alpha value is -2.80. The Bertz CT molecular complexity index is 1030. The van der Waals surface area contributed by atoms with Gasteiger partial charge in [0.1, 0.15) is 5.92 Å². The summed E-state index contributed by atoms with van der Waals surface area (Å²) in [4.78, 5) is 30.2. The van der Waals surface area contributed by atoms with Crippen LogP contribution in [0, 0.1) is 16.0 Å². The third kappa shape index (κ3) is 3.49. The molecule has 7 heteroatoms. The van der Waals surface area contributed by atoms with Crippen LogP contribution in [0.3, 0.4) is 0 Å². The molecule has 6 nitrogen and oxygen atoms in total. The highest BCUT2D eigenvalue weighted by Crippen LogP contribution is 2.39. The molecule has 0 bridgehead atoms. The molecule has 0 radical (unpaired) electrons. The van der Waals surface area contributed by atoms with Crippen LogP contribution in [0.15, 0.2) is 48.5 Å². The Balaban J connectivity index is 1.73. The topological polar surface area (TPSA) is 76.3 Å². The van der Waals surface area contributed by atoms with Crippen LogP contribution in [0.4, 0.5) is 5.13 Å². The summed E-state index contributed by atoms with van der Waals surface area (Å²) in [5, 5.41) is 11.7. The monoisotopic (exact) mass is 395 g/mol. The standard InChI is InChI=1S/C21H21N3O3S/c1-13(2)15-9-6-10-18-19(15)22-21(28-18)23(12-14-7-4-3-5-8-14)20(25)16-11-17(16)24(26)27/h3-10,13,16-17H,11-12H2,1-2H3. The predicted molar refractivity (Wildman–Crippen MR) is 110 cm³/mol. The maximum atomic E-state index is 13.1. The number of hydrogen-bond donors (Lipinski definition) is 0. The lowest BCUT2D eigenvalue weighted by atomic mass is 10.0. The number of nitro groups is 1. The molecule has 1 saturated carbocycles. The van der Waals surface area contributed by atoms with E-state index in [0.29, 0.717) is 24.0 Å². The zero-order chi connectivity index (χ0) is 19.8. The van der Waals surface area contributed by atoms with Gasteiger partial charge in [0.05, 0.1) is 16.8 Å². The van der Waals surface area contributed by atoms with Crippen molar-refractivity contribution in [2.75, 3.05) is 4.90 Å². The first-order valence-electron chi connectivity index (χ1n) is 9.34. The third-order valence-electron chi connectivity index (χ3n) is 5.09. The predicted octanol–water partition coefficient (Wildman–Crippen LogP) is 4.62. The van der Waals surface area contributed by atoms with Crippen molar-refractivity contribution in [3.63, 3.8) is 0 Å². The molecule has 0 spiro atoms. The maximum absolute atomic E-state index is 13.1. The molecule has 1 amide bonds. The molecule has 1 aliphatic carbocycles. The fourth-order valence-electron chi connectivity index (χ4n) is 3.43. The van der Waals surface area contributed by atoms with Crippen molar-refractivity contribution in [1.82, 2.24) is 4.98 Å². The van der Waals surface area contributed by atoms with Gasteiger partial charge in [0.2, 0.25) is 11.9 Å². The minimum atomic E-state index is -0.772. The number of benzene rings is 2. The van der Waals surface area contributed by atoms with Gasteiger partial charge in [-0.25, -0.2) is 4.98 Å². The van der Waals surface area contributed by atoms with Crippen molar-refractivity contribution in [3.05, 3.63) is 69.8 Å². The fourth-order valence-corrected chi connectivity index (χ4v) is 4.43. The first-order valence-corrected chi connectivity index (χ1v) is 10.2. The molecule has 4 rings (SSSR count). The molecule has 2 aromatic carbocycles. The van der Waals surface area contributed by atoms with Crippen molar-refractivity contribution in [2.45, 2.75) is 38.8 Å². The van der Waals surface area contributed by atoms with Gasteiger partial charge in [0.25, 0.3) is 0 Å². The van der Waals surface area contributed by atoms with Crippen LogP contribution in [0.5, 0.6) is 0 Å². The van der Waals surface area contributed by atoms with Gasteiger partial charge >= 0.3 is 0 Å². The maximum Gasteiger partial charge on any atom is 0.239 e. The number of para-hydroxylation sites is 1. The lowest BCUT2D eigenvalue weighted by Gasteiger charge is -2.19. The molecule has 28 heavy (non-hydrogen) atoms. The van der Waals surface area contributed by atoms with Crippen molar-refractivity contribution >= 4 is 32.6 Å². The van der Waals surface area contributed by atoms with Crippen molar-refractivity contribution < 1.29 is 9.72 Å². The summed E-state index contributed by atoms with van der Waals surface area (Å²) >= 11 is 1.46. The van der Waals surface area contributed by atoms with Crippen molar-refractivity contribution in [1.29, 1.82) is 0 Å². The molecule has 1 aliphatic rings. The Labute approximate surface area is 167 Å². The summed E-state index contributed by atoms with van der Waals surface area (Å²) in [5.74, 6) is -0.453. The molecule has 0 saturated heterocycles. The van der Waals surface area contributed by atoms with Gasteiger partial charge < -0.3 is 0 Å².